The van der Waals surface area contributed by atoms with Crippen molar-refractivity contribution >= 4 is 5.91 Å². The van der Waals surface area contributed by atoms with Crippen molar-refractivity contribution in [3.05, 3.63) is 29.6 Å². The molecule has 4 heteroatoms. The van der Waals surface area contributed by atoms with E-state index in [1.54, 1.807) is 25.1 Å². The molecule has 1 heterocycles. The van der Waals surface area contributed by atoms with E-state index in [4.69, 9.17) is 5.26 Å². The summed E-state index contributed by atoms with van der Waals surface area (Å²) in [7, 11) is 0. The molecule has 0 aliphatic heterocycles. The Morgan fingerprint density at radius 1 is 1.64 bits per heavy atom. The lowest BCUT2D eigenvalue weighted by atomic mass is 10.3. The number of carbonyl (C=O) groups excluding carboxylic acids is 1. The number of rotatable bonds is 3. The van der Waals surface area contributed by atoms with Gasteiger partial charge in [0.05, 0.1) is 12.2 Å². The van der Waals surface area contributed by atoms with Crippen LogP contribution in [0, 0.1) is 11.3 Å². The van der Waals surface area contributed by atoms with Crippen LogP contribution in [0.15, 0.2) is 18.2 Å². The maximum atomic E-state index is 10.9. The summed E-state index contributed by atoms with van der Waals surface area (Å²) >= 11 is 0. The van der Waals surface area contributed by atoms with Crippen LogP contribution >= 0.6 is 0 Å². The SMILES string of the molecule is CCC(=O)NCc1cccc(C#N)n1. The molecule has 1 amide bonds. The highest BCUT2D eigenvalue weighted by Gasteiger charge is 1.99. The highest BCUT2D eigenvalue weighted by atomic mass is 16.1. The Morgan fingerprint density at radius 2 is 2.43 bits per heavy atom. The van der Waals surface area contributed by atoms with Crippen molar-refractivity contribution in [3.63, 3.8) is 0 Å². The van der Waals surface area contributed by atoms with Crippen molar-refractivity contribution in [1.82, 2.24) is 10.3 Å². The van der Waals surface area contributed by atoms with Crippen molar-refractivity contribution in [1.29, 1.82) is 5.26 Å². The number of amides is 1. The molecule has 0 fully saturated rings. The maximum absolute atomic E-state index is 10.9. The largest absolute Gasteiger partial charge is 0.350 e. The summed E-state index contributed by atoms with van der Waals surface area (Å²) in [6.45, 7) is 2.16. The smallest absolute Gasteiger partial charge is 0.220 e. The summed E-state index contributed by atoms with van der Waals surface area (Å²) < 4.78 is 0. The van der Waals surface area contributed by atoms with Gasteiger partial charge in [-0.1, -0.05) is 13.0 Å². The molecule has 0 atom stereocenters. The van der Waals surface area contributed by atoms with E-state index in [1.807, 2.05) is 6.07 Å². The molecule has 0 spiro atoms. The second-order valence-corrected chi connectivity index (χ2v) is 2.76. The zero-order valence-electron chi connectivity index (χ0n) is 7.95. The summed E-state index contributed by atoms with van der Waals surface area (Å²) in [5.74, 6) is -0.0193. The molecule has 0 aliphatic carbocycles. The molecule has 4 nitrogen and oxygen atoms in total. The third-order valence-electron chi connectivity index (χ3n) is 1.71. The number of hydrogen-bond acceptors (Lipinski definition) is 3. The normalized spacial score (nSPS) is 9.14. The van der Waals surface area contributed by atoms with Crippen molar-refractivity contribution in [2.45, 2.75) is 19.9 Å². The molecule has 0 saturated heterocycles. The fraction of sp³-hybridized carbons (Fsp3) is 0.300. The Labute approximate surface area is 82.6 Å². The van der Waals surface area contributed by atoms with Gasteiger partial charge in [0.2, 0.25) is 5.91 Å². The van der Waals surface area contributed by atoms with Gasteiger partial charge in [-0.05, 0) is 12.1 Å². The van der Waals surface area contributed by atoms with Crippen LogP contribution in [0.25, 0.3) is 0 Å². The highest BCUT2D eigenvalue weighted by Crippen LogP contribution is 1.97. The lowest BCUT2D eigenvalue weighted by molar-refractivity contribution is -0.120. The molecule has 1 rings (SSSR count). The van der Waals surface area contributed by atoms with Crippen molar-refractivity contribution < 1.29 is 4.79 Å². The molecular formula is C10H11N3O. The van der Waals surface area contributed by atoms with E-state index in [0.29, 0.717) is 24.4 Å². The van der Waals surface area contributed by atoms with Gasteiger partial charge in [0.25, 0.3) is 0 Å². The van der Waals surface area contributed by atoms with Crippen LogP contribution < -0.4 is 5.32 Å². The minimum atomic E-state index is -0.0193. The van der Waals surface area contributed by atoms with E-state index in [0.717, 1.165) is 0 Å². The van der Waals surface area contributed by atoms with Crippen LogP contribution in [0.5, 0.6) is 0 Å². The van der Waals surface area contributed by atoms with E-state index >= 15 is 0 Å². The molecule has 1 aromatic heterocycles. The summed E-state index contributed by atoms with van der Waals surface area (Å²) in [4.78, 5) is 15.0. The van der Waals surface area contributed by atoms with Crippen LogP contribution in [0.2, 0.25) is 0 Å². The van der Waals surface area contributed by atoms with E-state index in [9.17, 15) is 4.79 Å². The molecule has 14 heavy (non-hydrogen) atoms. The third-order valence-corrected chi connectivity index (χ3v) is 1.71. The number of aromatic nitrogens is 1. The van der Waals surface area contributed by atoms with Gasteiger partial charge in [0.15, 0.2) is 0 Å². The minimum Gasteiger partial charge on any atom is -0.350 e. The Balaban J connectivity index is 2.60. The van der Waals surface area contributed by atoms with Crippen LogP contribution in [0.1, 0.15) is 24.7 Å². The van der Waals surface area contributed by atoms with Gasteiger partial charge in [-0.15, -0.1) is 0 Å². The lowest BCUT2D eigenvalue weighted by Crippen LogP contribution is -2.22. The molecule has 0 bridgehead atoms. The Morgan fingerprint density at radius 3 is 3.07 bits per heavy atom. The van der Waals surface area contributed by atoms with Gasteiger partial charge < -0.3 is 5.32 Å². The van der Waals surface area contributed by atoms with Crippen LogP contribution in [-0.4, -0.2) is 10.9 Å². The standard InChI is InChI=1S/C10H11N3O/c1-2-10(14)12-7-9-5-3-4-8(6-11)13-9/h3-5H,2,7H2,1H3,(H,12,14). The number of carbonyl (C=O) groups is 1. The molecule has 1 aromatic rings. The second-order valence-electron chi connectivity index (χ2n) is 2.76. The first kappa shape index (κ1) is 10.2. The molecule has 1 N–H and O–H groups in total. The second kappa shape index (κ2) is 4.97. The first-order valence-electron chi connectivity index (χ1n) is 4.39. The first-order chi connectivity index (χ1) is 6.76. The molecule has 0 aromatic carbocycles. The number of nitrogens with one attached hydrogen (secondary N) is 1. The topological polar surface area (TPSA) is 65.8 Å². The molecule has 72 valence electrons. The predicted octanol–water partition coefficient (Wildman–Crippen LogP) is 0.979. The zero-order chi connectivity index (χ0) is 10.4. The lowest BCUT2D eigenvalue weighted by Gasteiger charge is -2.02. The van der Waals surface area contributed by atoms with E-state index in [-0.39, 0.29) is 5.91 Å². The molecule has 0 aliphatic rings. The van der Waals surface area contributed by atoms with E-state index in [2.05, 4.69) is 10.3 Å². The number of nitriles is 1. The Bertz CT molecular complexity index is 368. The summed E-state index contributed by atoms with van der Waals surface area (Å²) in [6, 6.07) is 7.10. The minimum absolute atomic E-state index is 0.0193. The van der Waals surface area contributed by atoms with Gasteiger partial charge in [-0.2, -0.15) is 5.26 Å². The average molecular weight is 189 g/mol. The van der Waals surface area contributed by atoms with Crippen molar-refractivity contribution in [2.75, 3.05) is 0 Å². The fourth-order valence-electron chi connectivity index (χ4n) is 0.954. The van der Waals surface area contributed by atoms with Crippen molar-refractivity contribution in [2.24, 2.45) is 0 Å². The molecule has 0 saturated carbocycles. The Kier molecular flexibility index (Phi) is 3.62. The highest BCUT2D eigenvalue weighted by molar-refractivity contribution is 5.75. The average Bonchev–Trinajstić information content (AvgIpc) is 2.26. The quantitative estimate of drug-likeness (QED) is 0.770. The van der Waals surface area contributed by atoms with Crippen molar-refractivity contribution in [3.8, 4) is 6.07 Å². The summed E-state index contributed by atoms with van der Waals surface area (Å²) in [5.41, 5.74) is 1.07. The number of hydrogen-bond donors (Lipinski definition) is 1. The monoisotopic (exact) mass is 189 g/mol. The summed E-state index contributed by atoms with van der Waals surface area (Å²) in [5, 5.41) is 11.3. The van der Waals surface area contributed by atoms with Crippen LogP contribution in [0.4, 0.5) is 0 Å². The number of pyridine rings is 1. The van der Waals surface area contributed by atoms with E-state index in [1.165, 1.54) is 0 Å². The fourth-order valence-corrected chi connectivity index (χ4v) is 0.954. The van der Waals surface area contributed by atoms with E-state index < -0.39 is 0 Å². The predicted molar refractivity (Wildman–Crippen MR) is 51.1 cm³/mol. The maximum Gasteiger partial charge on any atom is 0.220 e. The molecule has 0 radical (unpaired) electrons. The zero-order valence-corrected chi connectivity index (χ0v) is 7.95. The van der Waals surface area contributed by atoms with Gasteiger partial charge >= 0.3 is 0 Å². The molecular weight excluding hydrogens is 178 g/mol. The molecule has 0 unspecified atom stereocenters. The van der Waals surface area contributed by atoms with Crippen LogP contribution in [0.3, 0.4) is 0 Å². The first-order valence-corrected chi connectivity index (χ1v) is 4.39. The van der Waals surface area contributed by atoms with Crippen LogP contribution in [-0.2, 0) is 11.3 Å². The van der Waals surface area contributed by atoms with Gasteiger partial charge in [-0.3, -0.25) is 4.79 Å². The Hall–Kier alpha value is -1.89. The summed E-state index contributed by atoms with van der Waals surface area (Å²) in [6.07, 6.45) is 0.456. The van der Waals surface area contributed by atoms with Gasteiger partial charge in [-0.25, -0.2) is 4.98 Å². The van der Waals surface area contributed by atoms with Gasteiger partial charge in [0.1, 0.15) is 11.8 Å². The number of nitrogens with zero attached hydrogens (tertiary/aromatic N) is 2. The van der Waals surface area contributed by atoms with Gasteiger partial charge in [0, 0.05) is 6.42 Å². The third kappa shape index (κ3) is 2.87.